The molecule has 21 heavy (non-hydrogen) atoms. The van der Waals surface area contributed by atoms with Gasteiger partial charge in [-0.3, -0.25) is 4.98 Å². The van der Waals surface area contributed by atoms with Gasteiger partial charge in [0.2, 0.25) is 10.0 Å². The Morgan fingerprint density at radius 3 is 2.48 bits per heavy atom. The second-order valence-electron chi connectivity index (χ2n) is 4.52. The van der Waals surface area contributed by atoms with Crippen molar-refractivity contribution >= 4 is 10.0 Å². The summed E-state index contributed by atoms with van der Waals surface area (Å²) in [5.74, 6) is 0.342. The summed E-state index contributed by atoms with van der Waals surface area (Å²) in [5, 5.41) is 0. The smallest absolute Gasteiger partial charge is 0.244 e. The highest BCUT2D eigenvalue weighted by atomic mass is 32.2. The minimum absolute atomic E-state index is 0.165. The second-order valence-corrected chi connectivity index (χ2v) is 6.25. The molecule has 0 amide bonds. The maximum absolute atomic E-state index is 12.4. The molecule has 0 saturated carbocycles. The third-order valence-electron chi connectivity index (χ3n) is 3.14. The van der Waals surface area contributed by atoms with Crippen LogP contribution in [-0.4, -0.2) is 20.5 Å². The number of hydrogen-bond donors (Lipinski definition) is 1. The summed E-state index contributed by atoms with van der Waals surface area (Å²) in [6.45, 7) is 2.19. The van der Waals surface area contributed by atoms with Gasteiger partial charge in [-0.1, -0.05) is 13.0 Å². The van der Waals surface area contributed by atoms with Crippen LogP contribution in [-0.2, 0) is 23.0 Å². The molecule has 0 saturated heterocycles. The van der Waals surface area contributed by atoms with E-state index in [9.17, 15) is 8.42 Å². The van der Waals surface area contributed by atoms with E-state index in [-0.39, 0.29) is 11.4 Å². The molecule has 1 heterocycles. The number of rotatable bonds is 6. The van der Waals surface area contributed by atoms with Gasteiger partial charge in [0.1, 0.15) is 10.6 Å². The molecule has 0 aliphatic rings. The van der Waals surface area contributed by atoms with Crippen LogP contribution in [0.2, 0.25) is 0 Å². The van der Waals surface area contributed by atoms with E-state index >= 15 is 0 Å². The molecule has 0 unspecified atom stereocenters. The van der Waals surface area contributed by atoms with Crippen molar-refractivity contribution in [2.75, 3.05) is 7.11 Å². The van der Waals surface area contributed by atoms with Gasteiger partial charge in [0.15, 0.2) is 0 Å². The highest BCUT2D eigenvalue weighted by Gasteiger charge is 2.19. The van der Waals surface area contributed by atoms with Crippen molar-refractivity contribution in [3.8, 4) is 5.75 Å². The van der Waals surface area contributed by atoms with E-state index in [0.717, 1.165) is 17.5 Å². The lowest BCUT2D eigenvalue weighted by Gasteiger charge is -2.12. The number of nitrogens with zero attached hydrogens (tertiary/aromatic N) is 1. The number of benzene rings is 1. The lowest BCUT2D eigenvalue weighted by Crippen LogP contribution is -2.24. The quantitative estimate of drug-likeness (QED) is 0.887. The summed E-state index contributed by atoms with van der Waals surface area (Å²) in [7, 11) is -2.17. The first kappa shape index (κ1) is 15.5. The molecule has 0 spiro atoms. The Kier molecular flexibility index (Phi) is 4.93. The third-order valence-corrected chi connectivity index (χ3v) is 4.56. The van der Waals surface area contributed by atoms with Crippen molar-refractivity contribution in [3.63, 3.8) is 0 Å². The highest BCUT2D eigenvalue weighted by Crippen LogP contribution is 2.25. The van der Waals surface area contributed by atoms with Crippen molar-refractivity contribution in [1.82, 2.24) is 9.71 Å². The minimum atomic E-state index is -3.63. The van der Waals surface area contributed by atoms with E-state index in [1.807, 2.05) is 13.0 Å². The van der Waals surface area contributed by atoms with E-state index in [1.165, 1.54) is 7.11 Å². The van der Waals surface area contributed by atoms with Crippen LogP contribution in [0, 0.1) is 0 Å². The summed E-state index contributed by atoms with van der Waals surface area (Å²) >= 11 is 0. The molecule has 0 bridgehead atoms. The van der Waals surface area contributed by atoms with Crippen molar-refractivity contribution in [1.29, 1.82) is 0 Å². The van der Waals surface area contributed by atoms with Crippen LogP contribution < -0.4 is 9.46 Å². The van der Waals surface area contributed by atoms with E-state index in [4.69, 9.17) is 4.74 Å². The first-order chi connectivity index (χ1) is 10.1. The maximum Gasteiger partial charge on any atom is 0.244 e. The van der Waals surface area contributed by atoms with Crippen LogP contribution in [0.15, 0.2) is 47.6 Å². The van der Waals surface area contributed by atoms with Crippen LogP contribution >= 0.6 is 0 Å². The Labute approximate surface area is 125 Å². The van der Waals surface area contributed by atoms with Crippen LogP contribution in [0.3, 0.4) is 0 Å². The van der Waals surface area contributed by atoms with Crippen LogP contribution in [0.1, 0.15) is 18.1 Å². The molecular weight excluding hydrogens is 288 g/mol. The first-order valence-electron chi connectivity index (χ1n) is 6.62. The molecule has 1 aromatic heterocycles. The zero-order valence-corrected chi connectivity index (χ0v) is 12.9. The SMILES string of the molecule is CCc1ccc(OC)c(S(=O)(=O)NCc2ccncc2)c1. The average Bonchev–Trinajstić information content (AvgIpc) is 2.53. The number of aryl methyl sites for hydroxylation is 1. The lowest BCUT2D eigenvalue weighted by atomic mass is 10.2. The maximum atomic E-state index is 12.4. The fraction of sp³-hybridized carbons (Fsp3) is 0.267. The Hall–Kier alpha value is -1.92. The number of aromatic nitrogens is 1. The van der Waals surface area contributed by atoms with E-state index < -0.39 is 10.0 Å². The number of pyridine rings is 1. The molecule has 2 aromatic rings. The van der Waals surface area contributed by atoms with Gasteiger partial charge in [0, 0.05) is 18.9 Å². The number of sulfonamides is 1. The van der Waals surface area contributed by atoms with Crippen molar-refractivity contribution in [2.45, 2.75) is 24.8 Å². The average molecular weight is 306 g/mol. The van der Waals surface area contributed by atoms with Gasteiger partial charge in [-0.2, -0.15) is 0 Å². The van der Waals surface area contributed by atoms with Crippen molar-refractivity contribution in [2.24, 2.45) is 0 Å². The van der Waals surface area contributed by atoms with Crippen LogP contribution in [0.4, 0.5) is 0 Å². The van der Waals surface area contributed by atoms with Crippen LogP contribution in [0.25, 0.3) is 0 Å². The van der Waals surface area contributed by atoms with Crippen molar-refractivity contribution < 1.29 is 13.2 Å². The van der Waals surface area contributed by atoms with Gasteiger partial charge in [0.05, 0.1) is 7.11 Å². The number of ether oxygens (including phenoxy) is 1. The van der Waals surface area contributed by atoms with Gasteiger partial charge in [0.25, 0.3) is 0 Å². The van der Waals surface area contributed by atoms with Gasteiger partial charge in [-0.05, 0) is 41.8 Å². The van der Waals surface area contributed by atoms with E-state index in [0.29, 0.717) is 5.75 Å². The number of nitrogens with one attached hydrogen (secondary N) is 1. The molecule has 5 nitrogen and oxygen atoms in total. The predicted octanol–water partition coefficient (Wildman–Crippen LogP) is 2.13. The largest absolute Gasteiger partial charge is 0.495 e. The van der Waals surface area contributed by atoms with Crippen molar-refractivity contribution in [3.05, 3.63) is 53.9 Å². The molecule has 6 heteroatoms. The lowest BCUT2D eigenvalue weighted by molar-refractivity contribution is 0.402. The van der Waals surface area contributed by atoms with Gasteiger partial charge in [-0.15, -0.1) is 0 Å². The third kappa shape index (κ3) is 3.80. The zero-order valence-electron chi connectivity index (χ0n) is 12.0. The molecule has 1 N–H and O–H groups in total. The van der Waals surface area contributed by atoms with E-state index in [2.05, 4.69) is 9.71 Å². The monoisotopic (exact) mass is 306 g/mol. The van der Waals surface area contributed by atoms with Gasteiger partial charge in [-0.25, -0.2) is 13.1 Å². The summed E-state index contributed by atoms with van der Waals surface area (Å²) in [4.78, 5) is 4.07. The first-order valence-corrected chi connectivity index (χ1v) is 8.10. The topological polar surface area (TPSA) is 68.3 Å². The predicted molar refractivity (Wildman–Crippen MR) is 80.6 cm³/mol. The number of methoxy groups -OCH3 is 1. The normalized spacial score (nSPS) is 11.3. The molecule has 2 rings (SSSR count). The zero-order chi connectivity index (χ0) is 15.3. The fourth-order valence-corrected chi connectivity index (χ4v) is 3.14. The number of hydrogen-bond acceptors (Lipinski definition) is 4. The standard InChI is InChI=1S/C15H18N2O3S/c1-3-12-4-5-14(20-2)15(10-12)21(18,19)17-11-13-6-8-16-9-7-13/h4-10,17H,3,11H2,1-2H3. The summed E-state index contributed by atoms with van der Waals surface area (Å²) in [6, 6.07) is 8.72. The molecule has 0 atom stereocenters. The molecule has 0 fully saturated rings. The molecule has 112 valence electrons. The Morgan fingerprint density at radius 1 is 1.14 bits per heavy atom. The highest BCUT2D eigenvalue weighted by molar-refractivity contribution is 7.89. The Morgan fingerprint density at radius 2 is 1.86 bits per heavy atom. The molecule has 0 aliphatic heterocycles. The van der Waals surface area contributed by atoms with Gasteiger partial charge >= 0.3 is 0 Å². The van der Waals surface area contributed by atoms with Gasteiger partial charge < -0.3 is 4.74 Å². The minimum Gasteiger partial charge on any atom is -0.495 e. The van der Waals surface area contributed by atoms with Crippen LogP contribution in [0.5, 0.6) is 5.75 Å². The summed E-state index contributed by atoms with van der Waals surface area (Å²) in [5.41, 5.74) is 1.79. The summed E-state index contributed by atoms with van der Waals surface area (Å²) in [6.07, 6.45) is 4.01. The summed E-state index contributed by atoms with van der Waals surface area (Å²) < 4.78 is 32.6. The fourth-order valence-electron chi connectivity index (χ4n) is 1.91. The molecule has 0 aliphatic carbocycles. The molecular formula is C15H18N2O3S. The Balaban J connectivity index is 2.26. The second kappa shape index (κ2) is 6.69. The molecule has 0 radical (unpaired) electrons. The Bertz CT molecular complexity index is 700. The molecule has 1 aromatic carbocycles. The van der Waals surface area contributed by atoms with E-state index in [1.54, 1.807) is 36.7 Å².